The zero-order chi connectivity index (χ0) is 25.1. The molecular weight excluding hydrogens is 452 g/mol. The highest BCUT2D eigenvalue weighted by Crippen LogP contribution is 2.42. The Labute approximate surface area is 210 Å². The molecule has 184 valence electrons. The van der Waals surface area contributed by atoms with E-state index in [0.29, 0.717) is 23.8 Å². The Balaban J connectivity index is 1.61. The Morgan fingerprint density at radius 3 is 2.61 bits per heavy atom. The van der Waals surface area contributed by atoms with E-state index in [1.807, 2.05) is 31.2 Å². The van der Waals surface area contributed by atoms with Crippen LogP contribution in [0.1, 0.15) is 6.92 Å². The highest BCUT2D eigenvalue weighted by molar-refractivity contribution is 6.06. The molecular formula is C28H30N6O2. The van der Waals surface area contributed by atoms with Crippen molar-refractivity contribution in [1.29, 1.82) is 0 Å². The Morgan fingerprint density at radius 1 is 1.11 bits per heavy atom. The number of H-pyrrole nitrogens is 1. The van der Waals surface area contributed by atoms with Crippen molar-refractivity contribution in [3.8, 4) is 28.3 Å². The number of aromatic amines is 1. The standard InChI is InChI=1S/C28H30N6O2/c1-4-23(35)31-21-8-6-7-20(17-21)24-25-27(29-18-30-28(25)36-5-2)32-26(24)19-9-11-22(12-10-19)34-15-13-33(3)14-16-34/h4,6-12,17-18H,1,5,13-16H2,2-3H3,(H,31,35)(H,29,30,32). The number of ether oxygens (including phenoxy) is 1. The molecule has 36 heavy (non-hydrogen) atoms. The molecule has 1 amide bonds. The lowest BCUT2D eigenvalue weighted by Crippen LogP contribution is -2.44. The molecule has 8 heteroatoms. The number of carbonyl (C=O) groups excluding carboxylic acids is 1. The summed E-state index contributed by atoms with van der Waals surface area (Å²) in [5, 5.41) is 3.66. The molecule has 0 aliphatic carbocycles. The first-order chi connectivity index (χ1) is 17.6. The first-order valence-corrected chi connectivity index (χ1v) is 12.1. The van der Waals surface area contributed by atoms with Gasteiger partial charge in [0.05, 0.1) is 17.7 Å². The average Bonchev–Trinajstić information content (AvgIpc) is 3.30. The van der Waals surface area contributed by atoms with Gasteiger partial charge in [0.25, 0.3) is 0 Å². The van der Waals surface area contributed by atoms with Crippen LogP contribution in [0.15, 0.2) is 67.5 Å². The number of carbonyl (C=O) groups is 1. The Morgan fingerprint density at radius 2 is 1.89 bits per heavy atom. The van der Waals surface area contributed by atoms with Gasteiger partial charge in [-0.05, 0) is 55.4 Å². The predicted molar refractivity (Wildman–Crippen MR) is 144 cm³/mol. The van der Waals surface area contributed by atoms with E-state index in [9.17, 15) is 4.79 Å². The summed E-state index contributed by atoms with van der Waals surface area (Å²) >= 11 is 0. The van der Waals surface area contributed by atoms with Crippen molar-refractivity contribution in [2.45, 2.75) is 6.92 Å². The number of fused-ring (bicyclic) bond motifs is 1. The summed E-state index contributed by atoms with van der Waals surface area (Å²) in [5.41, 5.74) is 6.38. The highest BCUT2D eigenvalue weighted by Gasteiger charge is 2.21. The number of nitrogens with one attached hydrogen (secondary N) is 2. The molecule has 8 nitrogen and oxygen atoms in total. The average molecular weight is 483 g/mol. The van der Waals surface area contributed by atoms with Gasteiger partial charge in [0.1, 0.15) is 12.0 Å². The number of likely N-dealkylation sites (N-methyl/N-ethyl adjacent to an activating group) is 1. The minimum absolute atomic E-state index is 0.260. The molecule has 1 aliphatic rings. The van der Waals surface area contributed by atoms with Crippen molar-refractivity contribution >= 4 is 28.3 Å². The summed E-state index contributed by atoms with van der Waals surface area (Å²) < 4.78 is 5.89. The van der Waals surface area contributed by atoms with Crippen molar-refractivity contribution in [2.75, 3.05) is 50.1 Å². The number of anilines is 2. The fraction of sp³-hybridized carbons (Fsp3) is 0.250. The lowest BCUT2D eigenvalue weighted by Gasteiger charge is -2.34. The summed E-state index contributed by atoms with van der Waals surface area (Å²) in [4.78, 5) is 29.1. The second-order valence-corrected chi connectivity index (χ2v) is 8.82. The van der Waals surface area contributed by atoms with E-state index in [1.165, 1.54) is 18.1 Å². The maximum Gasteiger partial charge on any atom is 0.247 e. The monoisotopic (exact) mass is 482 g/mol. The van der Waals surface area contributed by atoms with Crippen molar-refractivity contribution in [1.82, 2.24) is 19.9 Å². The zero-order valence-electron chi connectivity index (χ0n) is 20.6. The van der Waals surface area contributed by atoms with Gasteiger partial charge >= 0.3 is 0 Å². The molecule has 5 rings (SSSR count). The lowest BCUT2D eigenvalue weighted by molar-refractivity contribution is -0.111. The number of nitrogens with zero attached hydrogens (tertiary/aromatic N) is 4. The smallest absolute Gasteiger partial charge is 0.247 e. The van der Waals surface area contributed by atoms with Crippen LogP contribution in [-0.4, -0.2) is 65.6 Å². The molecule has 0 spiro atoms. The fourth-order valence-electron chi connectivity index (χ4n) is 4.60. The molecule has 1 aliphatic heterocycles. The van der Waals surface area contributed by atoms with Crippen molar-refractivity contribution < 1.29 is 9.53 Å². The van der Waals surface area contributed by atoms with Gasteiger partial charge in [-0.25, -0.2) is 9.97 Å². The number of amides is 1. The molecule has 0 bridgehead atoms. The number of hydrogen-bond acceptors (Lipinski definition) is 6. The zero-order valence-corrected chi connectivity index (χ0v) is 20.6. The third-order valence-corrected chi connectivity index (χ3v) is 6.47. The Hall–Kier alpha value is -4.17. The van der Waals surface area contributed by atoms with Crippen LogP contribution in [-0.2, 0) is 4.79 Å². The first kappa shape index (κ1) is 23.6. The minimum Gasteiger partial charge on any atom is -0.477 e. The molecule has 0 radical (unpaired) electrons. The fourth-order valence-corrected chi connectivity index (χ4v) is 4.60. The van der Waals surface area contributed by atoms with E-state index in [4.69, 9.17) is 4.74 Å². The molecule has 1 fully saturated rings. The number of piperazine rings is 1. The third kappa shape index (κ3) is 4.67. The molecule has 4 aromatic rings. The molecule has 1 saturated heterocycles. The van der Waals surface area contributed by atoms with Crippen LogP contribution in [0.4, 0.5) is 11.4 Å². The van der Waals surface area contributed by atoms with Crippen molar-refractivity contribution in [3.05, 3.63) is 67.5 Å². The van der Waals surface area contributed by atoms with Crippen LogP contribution >= 0.6 is 0 Å². The minimum atomic E-state index is -0.260. The van der Waals surface area contributed by atoms with E-state index in [-0.39, 0.29) is 5.91 Å². The molecule has 2 aromatic carbocycles. The van der Waals surface area contributed by atoms with E-state index in [0.717, 1.165) is 53.9 Å². The number of benzene rings is 2. The van der Waals surface area contributed by atoms with Gasteiger partial charge in [0.2, 0.25) is 11.8 Å². The van der Waals surface area contributed by atoms with Gasteiger partial charge in [-0.2, -0.15) is 0 Å². The Kier molecular flexibility index (Phi) is 6.69. The first-order valence-electron chi connectivity index (χ1n) is 12.1. The number of rotatable bonds is 7. The van der Waals surface area contributed by atoms with Crippen LogP contribution < -0.4 is 15.0 Å². The topological polar surface area (TPSA) is 86.4 Å². The van der Waals surface area contributed by atoms with Gasteiger partial charge in [-0.1, -0.05) is 30.8 Å². The molecule has 2 aromatic heterocycles. The van der Waals surface area contributed by atoms with E-state index in [2.05, 4.69) is 68.0 Å². The van der Waals surface area contributed by atoms with Crippen LogP contribution in [0.5, 0.6) is 5.88 Å². The van der Waals surface area contributed by atoms with Crippen molar-refractivity contribution in [3.63, 3.8) is 0 Å². The number of aromatic nitrogens is 3. The molecule has 0 unspecified atom stereocenters. The maximum atomic E-state index is 11.9. The summed E-state index contributed by atoms with van der Waals surface area (Å²) in [7, 11) is 2.16. The maximum absolute atomic E-state index is 11.9. The highest BCUT2D eigenvalue weighted by atomic mass is 16.5. The van der Waals surface area contributed by atoms with E-state index < -0.39 is 0 Å². The summed E-state index contributed by atoms with van der Waals surface area (Å²) in [5.74, 6) is 0.263. The molecule has 2 N–H and O–H groups in total. The van der Waals surface area contributed by atoms with Crippen molar-refractivity contribution in [2.24, 2.45) is 0 Å². The quantitative estimate of drug-likeness (QED) is 0.376. The molecule has 3 heterocycles. The Bertz CT molecular complexity index is 1390. The summed E-state index contributed by atoms with van der Waals surface area (Å²) in [6, 6.07) is 16.3. The summed E-state index contributed by atoms with van der Waals surface area (Å²) in [6.07, 6.45) is 2.77. The normalized spacial score (nSPS) is 14.1. The van der Waals surface area contributed by atoms with Gasteiger partial charge in [-0.3, -0.25) is 4.79 Å². The van der Waals surface area contributed by atoms with Crippen LogP contribution in [0.2, 0.25) is 0 Å². The third-order valence-electron chi connectivity index (χ3n) is 6.47. The lowest BCUT2D eigenvalue weighted by atomic mass is 9.98. The van der Waals surface area contributed by atoms with Crippen LogP contribution in [0.25, 0.3) is 33.4 Å². The van der Waals surface area contributed by atoms with Gasteiger partial charge in [-0.15, -0.1) is 0 Å². The van der Waals surface area contributed by atoms with Crippen LogP contribution in [0.3, 0.4) is 0 Å². The van der Waals surface area contributed by atoms with Gasteiger partial charge in [0.15, 0.2) is 0 Å². The predicted octanol–water partition coefficient (Wildman–Crippen LogP) is 4.57. The largest absolute Gasteiger partial charge is 0.477 e. The van der Waals surface area contributed by atoms with Gasteiger partial charge < -0.3 is 24.8 Å². The SMILES string of the molecule is C=CC(=O)Nc1cccc(-c2c(-c3ccc(N4CCN(C)CC4)cc3)[nH]c3ncnc(OCC)c23)c1. The second-order valence-electron chi connectivity index (χ2n) is 8.82. The number of hydrogen-bond donors (Lipinski definition) is 2. The van der Waals surface area contributed by atoms with Gasteiger partial charge in [0, 0.05) is 43.1 Å². The second kappa shape index (κ2) is 10.2. The van der Waals surface area contributed by atoms with E-state index >= 15 is 0 Å². The van der Waals surface area contributed by atoms with Crippen LogP contribution in [0, 0.1) is 0 Å². The molecule has 0 atom stereocenters. The molecule has 0 saturated carbocycles. The summed E-state index contributed by atoms with van der Waals surface area (Å²) in [6.45, 7) is 10.1. The van der Waals surface area contributed by atoms with E-state index in [1.54, 1.807) is 0 Å².